The summed E-state index contributed by atoms with van der Waals surface area (Å²) in [7, 11) is -3.29. The van der Waals surface area contributed by atoms with Gasteiger partial charge in [-0.2, -0.15) is 0 Å². The summed E-state index contributed by atoms with van der Waals surface area (Å²) >= 11 is 0. The highest BCUT2D eigenvalue weighted by molar-refractivity contribution is 7.92. The van der Waals surface area contributed by atoms with Gasteiger partial charge in [0.1, 0.15) is 0 Å². The zero-order valence-electron chi connectivity index (χ0n) is 13.5. The Balaban J connectivity index is 1.84. The first-order chi connectivity index (χ1) is 11.0. The van der Waals surface area contributed by atoms with Crippen LogP contribution in [0, 0.1) is 0 Å². The zero-order chi connectivity index (χ0) is 16.7. The summed E-state index contributed by atoms with van der Waals surface area (Å²) in [6.07, 6.45) is 7.99. The molecule has 0 saturated carbocycles. The van der Waals surface area contributed by atoms with Gasteiger partial charge >= 0.3 is 0 Å². The summed E-state index contributed by atoms with van der Waals surface area (Å²) in [5.41, 5.74) is 2.43. The third-order valence-electron chi connectivity index (χ3n) is 3.92. The lowest BCUT2D eigenvalue weighted by Crippen LogP contribution is -2.25. The average Bonchev–Trinajstić information content (AvgIpc) is 2.56. The standard InChI is InChI=1S/C17H24N2O3S/c1-2-23(21,22)19-16-10-8-15(9-11-16)17(20)18-13-12-14-6-4-3-5-7-14/h6,8-11,19H,2-5,7,12-13H2,1H3,(H,18,20). The first-order valence-electron chi connectivity index (χ1n) is 8.07. The number of sulfonamides is 1. The van der Waals surface area contributed by atoms with Crippen LogP contribution >= 0.6 is 0 Å². The molecule has 2 rings (SSSR count). The number of carbonyl (C=O) groups is 1. The fourth-order valence-electron chi connectivity index (χ4n) is 2.51. The fraction of sp³-hybridized carbons (Fsp3) is 0.471. The number of nitrogens with one attached hydrogen (secondary N) is 2. The molecule has 0 unspecified atom stereocenters. The minimum absolute atomic E-state index is 0.0189. The highest BCUT2D eigenvalue weighted by Gasteiger charge is 2.09. The first-order valence-corrected chi connectivity index (χ1v) is 9.72. The molecule has 126 valence electrons. The third-order valence-corrected chi connectivity index (χ3v) is 5.22. The number of carbonyl (C=O) groups excluding carboxylic acids is 1. The molecule has 1 aliphatic rings. The Morgan fingerprint density at radius 2 is 1.91 bits per heavy atom. The summed E-state index contributed by atoms with van der Waals surface area (Å²) in [6.45, 7) is 2.21. The first kappa shape index (κ1) is 17.5. The molecule has 0 bridgehead atoms. The number of anilines is 1. The largest absolute Gasteiger partial charge is 0.352 e. The molecule has 0 aromatic heterocycles. The van der Waals surface area contributed by atoms with Crippen LogP contribution in [0.3, 0.4) is 0 Å². The third kappa shape index (κ3) is 5.71. The maximum atomic E-state index is 12.1. The van der Waals surface area contributed by atoms with E-state index in [4.69, 9.17) is 0 Å². The second-order valence-corrected chi connectivity index (χ2v) is 7.71. The molecule has 0 atom stereocenters. The normalized spacial score (nSPS) is 14.9. The lowest BCUT2D eigenvalue weighted by Gasteiger charge is -2.13. The number of hydrogen-bond acceptors (Lipinski definition) is 3. The molecule has 23 heavy (non-hydrogen) atoms. The Bertz CT molecular complexity index is 664. The van der Waals surface area contributed by atoms with Crippen molar-refractivity contribution in [2.24, 2.45) is 0 Å². The molecule has 0 aliphatic heterocycles. The maximum absolute atomic E-state index is 12.1. The highest BCUT2D eigenvalue weighted by atomic mass is 32.2. The lowest BCUT2D eigenvalue weighted by atomic mass is 9.97. The van der Waals surface area contributed by atoms with Crippen LogP contribution in [0.4, 0.5) is 5.69 Å². The van der Waals surface area contributed by atoms with Crippen molar-refractivity contribution in [3.05, 3.63) is 41.5 Å². The van der Waals surface area contributed by atoms with E-state index in [0.717, 1.165) is 19.3 Å². The molecule has 5 nitrogen and oxygen atoms in total. The van der Waals surface area contributed by atoms with E-state index in [1.165, 1.54) is 18.4 Å². The average molecular weight is 336 g/mol. The Morgan fingerprint density at radius 1 is 1.17 bits per heavy atom. The van der Waals surface area contributed by atoms with Gasteiger partial charge in [0.25, 0.3) is 5.91 Å². The van der Waals surface area contributed by atoms with E-state index in [0.29, 0.717) is 17.8 Å². The molecule has 0 spiro atoms. The van der Waals surface area contributed by atoms with Gasteiger partial charge in [0.15, 0.2) is 0 Å². The predicted octanol–water partition coefficient (Wildman–Crippen LogP) is 3.07. The van der Waals surface area contributed by atoms with Crippen LogP contribution < -0.4 is 10.0 Å². The number of allylic oxidation sites excluding steroid dienone is 1. The summed E-state index contributed by atoms with van der Waals surface area (Å²) in [5, 5.41) is 2.91. The second-order valence-electron chi connectivity index (χ2n) is 5.70. The highest BCUT2D eigenvalue weighted by Crippen LogP contribution is 2.19. The minimum atomic E-state index is -3.29. The van der Waals surface area contributed by atoms with Crippen molar-refractivity contribution in [3.8, 4) is 0 Å². The number of amides is 1. The Morgan fingerprint density at radius 3 is 2.52 bits per heavy atom. The van der Waals surface area contributed by atoms with Gasteiger partial charge in [0, 0.05) is 17.8 Å². The summed E-state index contributed by atoms with van der Waals surface area (Å²) < 4.78 is 25.4. The molecule has 0 saturated heterocycles. The smallest absolute Gasteiger partial charge is 0.251 e. The van der Waals surface area contributed by atoms with Gasteiger partial charge in [0.2, 0.25) is 10.0 Å². The second kappa shape index (κ2) is 8.15. The monoisotopic (exact) mass is 336 g/mol. The molecule has 1 aromatic carbocycles. The fourth-order valence-corrected chi connectivity index (χ4v) is 3.15. The molecular formula is C17H24N2O3S. The van der Waals surface area contributed by atoms with Crippen LogP contribution in [-0.2, 0) is 10.0 Å². The van der Waals surface area contributed by atoms with Crippen LogP contribution in [0.15, 0.2) is 35.9 Å². The molecule has 6 heteroatoms. The molecular weight excluding hydrogens is 312 g/mol. The molecule has 1 amide bonds. The van der Waals surface area contributed by atoms with Gasteiger partial charge in [-0.3, -0.25) is 9.52 Å². The molecule has 1 aromatic rings. The van der Waals surface area contributed by atoms with Gasteiger partial charge in [0.05, 0.1) is 5.75 Å². The van der Waals surface area contributed by atoms with Crippen LogP contribution in [0.5, 0.6) is 0 Å². The number of benzene rings is 1. The van der Waals surface area contributed by atoms with E-state index in [2.05, 4.69) is 16.1 Å². The van der Waals surface area contributed by atoms with Gasteiger partial charge in [-0.25, -0.2) is 8.42 Å². The van der Waals surface area contributed by atoms with E-state index in [1.54, 1.807) is 31.2 Å². The zero-order valence-corrected chi connectivity index (χ0v) is 14.3. The van der Waals surface area contributed by atoms with Gasteiger partial charge < -0.3 is 5.32 Å². The van der Waals surface area contributed by atoms with E-state index in [-0.39, 0.29) is 11.7 Å². The van der Waals surface area contributed by atoms with Crippen LogP contribution in [0.25, 0.3) is 0 Å². The van der Waals surface area contributed by atoms with Crippen molar-refractivity contribution in [3.63, 3.8) is 0 Å². The quantitative estimate of drug-likeness (QED) is 0.751. The van der Waals surface area contributed by atoms with Crippen molar-refractivity contribution in [2.45, 2.75) is 39.0 Å². The molecule has 0 fully saturated rings. The van der Waals surface area contributed by atoms with Gasteiger partial charge in [-0.05, 0) is 63.3 Å². The van der Waals surface area contributed by atoms with Crippen molar-refractivity contribution in [2.75, 3.05) is 17.0 Å². The predicted molar refractivity (Wildman–Crippen MR) is 93.0 cm³/mol. The van der Waals surface area contributed by atoms with Crippen molar-refractivity contribution >= 4 is 21.6 Å². The number of hydrogen-bond donors (Lipinski definition) is 2. The van der Waals surface area contributed by atoms with Crippen LogP contribution in [0.1, 0.15) is 49.4 Å². The van der Waals surface area contributed by atoms with E-state index >= 15 is 0 Å². The summed E-state index contributed by atoms with van der Waals surface area (Å²) in [6, 6.07) is 6.46. The minimum Gasteiger partial charge on any atom is -0.352 e. The summed E-state index contributed by atoms with van der Waals surface area (Å²) in [5.74, 6) is -0.114. The lowest BCUT2D eigenvalue weighted by molar-refractivity contribution is 0.0954. The van der Waals surface area contributed by atoms with Crippen molar-refractivity contribution < 1.29 is 13.2 Å². The van der Waals surface area contributed by atoms with E-state index in [1.807, 2.05) is 0 Å². The maximum Gasteiger partial charge on any atom is 0.251 e. The Hall–Kier alpha value is -1.82. The molecule has 0 heterocycles. The Kier molecular flexibility index (Phi) is 6.21. The van der Waals surface area contributed by atoms with Gasteiger partial charge in [-0.1, -0.05) is 11.6 Å². The number of rotatable bonds is 7. The van der Waals surface area contributed by atoms with E-state index in [9.17, 15) is 13.2 Å². The van der Waals surface area contributed by atoms with Crippen LogP contribution in [0.2, 0.25) is 0 Å². The Labute approximate surface area is 138 Å². The van der Waals surface area contributed by atoms with E-state index < -0.39 is 10.0 Å². The molecule has 0 radical (unpaired) electrons. The molecule has 2 N–H and O–H groups in total. The topological polar surface area (TPSA) is 75.3 Å². The van der Waals surface area contributed by atoms with Crippen LogP contribution in [-0.4, -0.2) is 26.6 Å². The molecule has 1 aliphatic carbocycles. The van der Waals surface area contributed by atoms with Crippen molar-refractivity contribution in [1.29, 1.82) is 0 Å². The SMILES string of the molecule is CCS(=O)(=O)Nc1ccc(C(=O)NCCC2=CCCCC2)cc1. The summed E-state index contributed by atoms with van der Waals surface area (Å²) in [4.78, 5) is 12.1. The van der Waals surface area contributed by atoms with Gasteiger partial charge in [-0.15, -0.1) is 0 Å². The van der Waals surface area contributed by atoms with Crippen molar-refractivity contribution in [1.82, 2.24) is 5.32 Å².